The number of benzene rings is 1. The molecule has 0 spiro atoms. The van der Waals surface area contributed by atoms with Gasteiger partial charge in [0.05, 0.1) is 0 Å². The Hall–Kier alpha value is -3.06. The molecule has 0 unspecified atom stereocenters. The van der Waals surface area contributed by atoms with Crippen molar-refractivity contribution in [3.63, 3.8) is 0 Å². The largest absolute Gasteiger partial charge is 0.473 e. The minimum Gasteiger partial charge on any atom is -0.473 e. The molecule has 0 saturated carbocycles. The average molecular weight is 346 g/mol. The molecule has 2 aromatic rings. The Morgan fingerprint density at radius 3 is 2.12 bits per heavy atom. The number of halogens is 1. The Balaban J connectivity index is 0.000000450. The molecule has 1 heterocycles. The number of nitrogens with zero attached hydrogens (tertiary/aromatic N) is 2. The minimum absolute atomic E-state index is 0.220. The summed E-state index contributed by atoms with van der Waals surface area (Å²) in [5.74, 6) is -3.87. The van der Waals surface area contributed by atoms with Crippen LogP contribution in [0.15, 0.2) is 54.9 Å². The van der Waals surface area contributed by atoms with Gasteiger partial charge >= 0.3 is 11.9 Å². The van der Waals surface area contributed by atoms with E-state index in [2.05, 4.69) is 16.0 Å². The van der Waals surface area contributed by atoms with Gasteiger partial charge < -0.3 is 15.1 Å². The second kappa shape index (κ2) is 9.94. The Morgan fingerprint density at radius 1 is 1.08 bits per heavy atom. The quantitative estimate of drug-likeness (QED) is 0.826. The predicted molar refractivity (Wildman–Crippen MR) is 91.5 cm³/mol. The van der Waals surface area contributed by atoms with E-state index in [-0.39, 0.29) is 5.82 Å². The number of carbonyl (C=O) groups is 2. The van der Waals surface area contributed by atoms with Crippen LogP contribution in [0, 0.1) is 5.82 Å². The van der Waals surface area contributed by atoms with Gasteiger partial charge in [-0.15, -0.1) is 0 Å². The van der Waals surface area contributed by atoms with E-state index in [0.29, 0.717) is 0 Å². The summed E-state index contributed by atoms with van der Waals surface area (Å²) in [5, 5.41) is 14.8. The van der Waals surface area contributed by atoms with E-state index in [4.69, 9.17) is 19.8 Å². The van der Waals surface area contributed by atoms with Crippen molar-refractivity contribution in [1.29, 1.82) is 0 Å². The summed E-state index contributed by atoms with van der Waals surface area (Å²) in [6.45, 7) is 0.821. The fraction of sp³-hybridized carbons (Fsp3) is 0.167. The molecule has 0 fully saturated rings. The van der Waals surface area contributed by atoms with Gasteiger partial charge in [0.25, 0.3) is 0 Å². The molecule has 7 heteroatoms. The first-order valence-corrected chi connectivity index (χ1v) is 7.28. The van der Waals surface area contributed by atoms with Gasteiger partial charge in [-0.1, -0.05) is 24.3 Å². The van der Waals surface area contributed by atoms with Crippen molar-refractivity contribution in [3.05, 3.63) is 71.8 Å². The summed E-state index contributed by atoms with van der Waals surface area (Å²) in [4.78, 5) is 24.4. The average Bonchev–Trinajstić information content (AvgIpc) is 2.58. The van der Waals surface area contributed by atoms with Gasteiger partial charge in [0.1, 0.15) is 5.82 Å². The molecule has 132 valence electrons. The summed E-state index contributed by atoms with van der Waals surface area (Å²) >= 11 is 0. The first-order valence-electron chi connectivity index (χ1n) is 7.28. The van der Waals surface area contributed by atoms with Crippen molar-refractivity contribution >= 4 is 17.5 Å². The first kappa shape index (κ1) is 20.0. The number of carboxylic acids is 2. The fourth-order valence-electron chi connectivity index (χ4n) is 1.83. The summed E-state index contributed by atoms with van der Waals surface area (Å²) in [6.07, 6.45) is 5.70. The molecular weight excluding hydrogens is 327 g/mol. The van der Waals surface area contributed by atoms with Gasteiger partial charge in [0, 0.05) is 24.5 Å². The van der Waals surface area contributed by atoms with Crippen LogP contribution in [0.1, 0.15) is 11.1 Å². The lowest BCUT2D eigenvalue weighted by atomic mass is 9.99. The minimum atomic E-state index is -1.82. The first-order chi connectivity index (χ1) is 11.8. The van der Waals surface area contributed by atoms with Gasteiger partial charge in [0.15, 0.2) is 0 Å². The highest BCUT2D eigenvalue weighted by atomic mass is 19.1. The highest BCUT2D eigenvalue weighted by Gasteiger charge is 2.05. The number of pyridine rings is 1. The lowest BCUT2D eigenvalue weighted by molar-refractivity contribution is -0.159. The molecule has 0 atom stereocenters. The maximum absolute atomic E-state index is 13.0. The molecule has 6 nitrogen and oxygen atoms in total. The highest BCUT2D eigenvalue weighted by Crippen LogP contribution is 2.22. The Labute approximate surface area is 144 Å². The van der Waals surface area contributed by atoms with Crippen LogP contribution in [-0.4, -0.2) is 52.7 Å². The van der Waals surface area contributed by atoms with Crippen molar-refractivity contribution in [3.8, 4) is 0 Å². The molecule has 2 N–H and O–H groups in total. The number of carboxylic acid groups (broad SMARTS) is 2. The zero-order valence-electron chi connectivity index (χ0n) is 13.9. The molecule has 0 saturated heterocycles. The molecule has 0 aliphatic carbocycles. The van der Waals surface area contributed by atoms with E-state index in [9.17, 15) is 4.39 Å². The summed E-state index contributed by atoms with van der Waals surface area (Å²) in [7, 11) is 4.03. The Kier molecular flexibility index (Phi) is 7.95. The zero-order valence-corrected chi connectivity index (χ0v) is 13.9. The normalized spacial score (nSPS) is 10.8. The third kappa shape index (κ3) is 7.36. The van der Waals surface area contributed by atoms with Crippen molar-refractivity contribution in [2.24, 2.45) is 0 Å². The molecule has 0 aliphatic heterocycles. The number of hydrogen-bond acceptors (Lipinski definition) is 4. The van der Waals surface area contributed by atoms with E-state index < -0.39 is 11.9 Å². The van der Waals surface area contributed by atoms with Crippen molar-refractivity contribution in [2.45, 2.75) is 0 Å². The fourth-order valence-corrected chi connectivity index (χ4v) is 1.83. The maximum atomic E-state index is 13.0. The molecule has 2 rings (SSSR count). The van der Waals surface area contributed by atoms with Crippen LogP contribution in [-0.2, 0) is 9.59 Å². The number of aliphatic carboxylic acids is 2. The monoisotopic (exact) mass is 346 g/mol. The van der Waals surface area contributed by atoms with Crippen LogP contribution < -0.4 is 0 Å². The maximum Gasteiger partial charge on any atom is 0.414 e. The third-order valence-electron chi connectivity index (χ3n) is 2.97. The molecule has 0 radical (unpaired) electrons. The Morgan fingerprint density at radius 2 is 1.68 bits per heavy atom. The van der Waals surface area contributed by atoms with Crippen LogP contribution in [0.5, 0.6) is 0 Å². The summed E-state index contributed by atoms with van der Waals surface area (Å²) < 4.78 is 13.0. The Bertz CT molecular complexity index is 717. The molecule has 0 bridgehead atoms. The topological polar surface area (TPSA) is 90.7 Å². The molecule has 0 amide bonds. The molecular formula is C18H19FN2O4. The molecule has 25 heavy (non-hydrogen) atoms. The van der Waals surface area contributed by atoms with Crippen molar-refractivity contribution in [1.82, 2.24) is 9.88 Å². The highest BCUT2D eigenvalue weighted by molar-refractivity contribution is 6.27. The third-order valence-corrected chi connectivity index (χ3v) is 2.97. The molecule has 1 aromatic carbocycles. The van der Waals surface area contributed by atoms with E-state index >= 15 is 0 Å². The lowest BCUT2D eigenvalue weighted by Gasteiger charge is -2.11. The lowest BCUT2D eigenvalue weighted by Crippen LogP contribution is -2.11. The molecule has 0 aliphatic rings. The second-order valence-electron chi connectivity index (χ2n) is 5.24. The van der Waals surface area contributed by atoms with Crippen LogP contribution in [0.25, 0.3) is 5.57 Å². The number of likely N-dealkylation sites (N-methyl/N-ethyl adjacent to an activating group) is 1. The van der Waals surface area contributed by atoms with E-state index in [1.807, 2.05) is 32.4 Å². The standard InChI is InChI=1S/C16H17FN2.C2H2O4/c1-19(2)11-9-16(14-4-3-10-18-12-14)13-5-7-15(17)8-6-13;3-1(4)2(5)6/h3-10,12H,11H2,1-2H3;(H,3,4)(H,5,6). The molecule has 1 aromatic heterocycles. The van der Waals surface area contributed by atoms with Gasteiger partial charge in [-0.3, -0.25) is 4.98 Å². The van der Waals surface area contributed by atoms with Crippen molar-refractivity contribution < 1.29 is 24.2 Å². The number of aromatic nitrogens is 1. The summed E-state index contributed by atoms with van der Waals surface area (Å²) in [6, 6.07) is 10.5. The van der Waals surface area contributed by atoms with Crippen LogP contribution in [0.3, 0.4) is 0 Å². The van der Waals surface area contributed by atoms with Gasteiger partial charge in [-0.25, -0.2) is 14.0 Å². The second-order valence-corrected chi connectivity index (χ2v) is 5.24. The number of rotatable bonds is 4. The van der Waals surface area contributed by atoms with E-state index in [0.717, 1.165) is 23.2 Å². The van der Waals surface area contributed by atoms with Crippen LogP contribution in [0.4, 0.5) is 4.39 Å². The zero-order chi connectivity index (χ0) is 18.8. The van der Waals surface area contributed by atoms with Crippen molar-refractivity contribution in [2.75, 3.05) is 20.6 Å². The predicted octanol–water partition coefficient (Wildman–Crippen LogP) is 2.37. The SMILES string of the molecule is CN(C)CC=C(c1ccc(F)cc1)c1cccnc1.O=C(O)C(=O)O. The number of hydrogen-bond donors (Lipinski definition) is 2. The van der Waals surface area contributed by atoms with Gasteiger partial charge in [-0.05, 0) is 43.4 Å². The van der Waals surface area contributed by atoms with Gasteiger partial charge in [-0.2, -0.15) is 0 Å². The smallest absolute Gasteiger partial charge is 0.414 e. The van der Waals surface area contributed by atoms with E-state index in [1.54, 1.807) is 18.3 Å². The van der Waals surface area contributed by atoms with Crippen LogP contribution >= 0.6 is 0 Å². The van der Waals surface area contributed by atoms with Gasteiger partial charge in [0.2, 0.25) is 0 Å². The van der Waals surface area contributed by atoms with E-state index in [1.165, 1.54) is 12.1 Å². The summed E-state index contributed by atoms with van der Waals surface area (Å²) in [5.41, 5.74) is 3.11. The van der Waals surface area contributed by atoms with Crippen LogP contribution in [0.2, 0.25) is 0 Å².